The first kappa shape index (κ1) is 31.7. The molecule has 6 rings (SSSR count). The lowest BCUT2D eigenvalue weighted by Crippen LogP contribution is -2.34. The summed E-state index contributed by atoms with van der Waals surface area (Å²) in [4.78, 5) is 30.4. The lowest BCUT2D eigenvalue weighted by atomic mass is 9.87. The molecule has 1 atom stereocenters. The summed E-state index contributed by atoms with van der Waals surface area (Å²) in [5.74, 6) is 1.93. The van der Waals surface area contributed by atoms with Gasteiger partial charge in [0.15, 0.2) is 5.75 Å². The van der Waals surface area contributed by atoms with E-state index in [1.807, 2.05) is 18.2 Å². The topological polar surface area (TPSA) is 92.7 Å². The van der Waals surface area contributed by atoms with Gasteiger partial charge in [0.05, 0.1) is 25.2 Å². The highest BCUT2D eigenvalue weighted by Gasteiger charge is 2.41. The molecule has 1 unspecified atom stereocenters. The van der Waals surface area contributed by atoms with Crippen LogP contribution in [0.3, 0.4) is 0 Å². The molecule has 1 aromatic carbocycles. The predicted octanol–water partition coefficient (Wildman–Crippen LogP) is 6.02. The van der Waals surface area contributed by atoms with Gasteiger partial charge in [-0.25, -0.2) is 15.0 Å². The van der Waals surface area contributed by atoms with Crippen molar-refractivity contribution in [1.29, 1.82) is 0 Å². The second-order valence-corrected chi connectivity index (χ2v) is 12.6. The van der Waals surface area contributed by atoms with Gasteiger partial charge in [0.1, 0.15) is 0 Å². The Morgan fingerprint density at radius 3 is 2.47 bits per heavy atom. The molecule has 1 spiro atoms. The van der Waals surface area contributed by atoms with Gasteiger partial charge in [-0.2, -0.15) is 0 Å². The van der Waals surface area contributed by atoms with Crippen molar-refractivity contribution in [2.24, 2.45) is 11.3 Å². The summed E-state index contributed by atoms with van der Waals surface area (Å²) in [6, 6.07) is 9.42. The third-order valence-electron chi connectivity index (χ3n) is 8.71. The highest BCUT2D eigenvalue weighted by atomic mass is 35.5. The lowest BCUT2D eigenvalue weighted by molar-refractivity contribution is -0.142. The fourth-order valence-electron chi connectivity index (χ4n) is 6.37. The molecule has 0 saturated carbocycles. The maximum absolute atomic E-state index is 11.7. The van der Waals surface area contributed by atoms with Gasteiger partial charge in [0.2, 0.25) is 11.8 Å². The normalized spacial score (nSPS) is 20.8. The molecular formula is C31H37Cl3N6O3. The Kier molecular flexibility index (Phi) is 10.3. The SMILES string of the molecule is COC(=O)CC1CCN(Cc2cc(Oc3cnc(N4CCC5(CCNC5)C4)nc3)nc(-c3cc(Cl)cc(Cl)c3)c2)CC1.Cl. The molecule has 0 aliphatic carbocycles. The minimum atomic E-state index is -0.137. The zero-order chi connectivity index (χ0) is 29.1. The molecule has 2 aromatic heterocycles. The Morgan fingerprint density at radius 1 is 1.05 bits per heavy atom. The number of anilines is 1. The van der Waals surface area contributed by atoms with Crippen molar-refractivity contribution in [3.63, 3.8) is 0 Å². The van der Waals surface area contributed by atoms with E-state index in [0.717, 1.165) is 87.8 Å². The average molecular weight is 648 g/mol. The van der Waals surface area contributed by atoms with E-state index in [2.05, 4.69) is 31.2 Å². The zero-order valence-corrected chi connectivity index (χ0v) is 26.6. The fraction of sp³-hybridized carbons (Fsp3) is 0.484. The fourth-order valence-corrected chi connectivity index (χ4v) is 6.90. The van der Waals surface area contributed by atoms with Crippen molar-refractivity contribution in [3.05, 3.63) is 58.3 Å². The molecule has 3 aliphatic heterocycles. The van der Waals surface area contributed by atoms with Crippen LogP contribution in [0.15, 0.2) is 42.7 Å². The maximum Gasteiger partial charge on any atom is 0.305 e. The molecule has 1 N–H and O–H groups in total. The zero-order valence-electron chi connectivity index (χ0n) is 24.2. The smallest absolute Gasteiger partial charge is 0.305 e. The van der Waals surface area contributed by atoms with Gasteiger partial charge in [-0.3, -0.25) is 9.69 Å². The molecular weight excluding hydrogens is 611 g/mol. The Labute approximate surface area is 268 Å². The third-order valence-corrected chi connectivity index (χ3v) is 9.14. The Hall–Kier alpha value is -2.69. The molecule has 5 heterocycles. The van der Waals surface area contributed by atoms with E-state index in [0.29, 0.717) is 39.4 Å². The molecule has 3 aromatic rings. The van der Waals surface area contributed by atoms with Gasteiger partial charge in [-0.05, 0) is 81.1 Å². The first-order valence-corrected chi connectivity index (χ1v) is 15.3. The van der Waals surface area contributed by atoms with Crippen molar-refractivity contribution in [2.45, 2.75) is 38.6 Å². The van der Waals surface area contributed by atoms with Crippen LogP contribution in [-0.2, 0) is 16.1 Å². The van der Waals surface area contributed by atoms with Gasteiger partial charge < -0.3 is 19.7 Å². The maximum atomic E-state index is 11.7. The number of piperidine rings is 1. The van der Waals surface area contributed by atoms with Crippen molar-refractivity contribution in [1.82, 2.24) is 25.2 Å². The van der Waals surface area contributed by atoms with E-state index in [9.17, 15) is 4.79 Å². The van der Waals surface area contributed by atoms with Crippen LogP contribution >= 0.6 is 35.6 Å². The van der Waals surface area contributed by atoms with E-state index < -0.39 is 0 Å². The van der Waals surface area contributed by atoms with Crippen molar-refractivity contribution in [3.8, 4) is 22.9 Å². The van der Waals surface area contributed by atoms with Crippen molar-refractivity contribution < 1.29 is 14.3 Å². The van der Waals surface area contributed by atoms with Crippen LogP contribution in [-0.4, -0.2) is 72.2 Å². The van der Waals surface area contributed by atoms with Crippen LogP contribution in [0, 0.1) is 11.3 Å². The number of halogens is 3. The van der Waals surface area contributed by atoms with Gasteiger partial charge >= 0.3 is 5.97 Å². The van der Waals surface area contributed by atoms with Crippen LogP contribution in [0.25, 0.3) is 11.3 Å². The molecule has 3 saturated heterocycles. The van der Waals surface area contributed by atoms with E-state index in [1.165, 1.54) is 13.5 Å². The molecule has 43 heavy (non-hydrogen) atoms. The van der Waals surface area contributed by atoms with Gasteiger partial charge in [0.25, 0.3) is 0 Å². The summed E-state index contributed by atoms with van der Waals surface area (Å²) in [6.07, 6.45) is 8.20. The summed E-state index contributed by atoms with van der Waals surface area (Å²) in [7, 11) is 1.45. The summed E-state index contributed by atoms with van der Waals surface area (Å²) in [6.45, 7) is 6.64. The summed E-state index contributed by atoms with van der Waals surface area (Å²) in [5.41, 5.74) is 2.94. The van der Waals surface area contributed by atoms with Gasteiger partial charge in [0, 0.05) is 59.7 Å². The van der Waals surface area contributed by atoms with Crippen LogP contribution in [0.4, 0.5) is 5.95 Å². The van der Waals surface area contributed by atoms with E-state index >= 15 is 0 Å². The largest absolute Gasteiger partial charge is 0.469 e. The van der Waals surface area contributed by atoms with Crippen molar-refractivity contribution in [2.75, 3.05) is 51.3 Å². The van der Waals surface area contributed by atoms with E-state index in [1.54, 1.807) is 18.5 Å². The van der Waals surface area contributed by atoms with Crippen molar-refractivity contribution >= 4 is 47.5 Å². The number of benzene rings is 1. The van der Waals surface area contributed by atoms with E-state index in [-0.39, 0.29) is 18.4 Å². The van der Waals surface area contributed by atoms with Crippen LogP contribution < -0.4 is 15.0 Å². The van der Waals surface area contributed by atoms with Gasteiger partial charge in [-0.15, -0.1) is 12.4 Å². The lowest BCUT2D eigenvalue weighted by Gasteiger charge is -2.31. The molecule has 12 heteroatoms. The number of nitrogens with one attached hydrogen (secondary N) is 1. The van der Waals surface area contributed by atoms with Crippen LogP contribution in [0.1, 0.15) is 37.7 Å². The Balaban J connectivity index is 0.00000368. The molecule has 0 radical (unpaired) electrons. The first-order chi connectivity index (χ1) is 20.4. The number of esters is 1. The number of pyridine rings is 1. The number of ether oxygens (including phenoxy) is 2. The highest BCUT2D eigenvalue weighted by Crippen LogP contribution is 2.37. The summed E-state index contributed by atoms with van der Waals surface area (Å²) in [5, 5.41) is 4.58. The monoisotopic (exact) mass is 646 g/mol. The minimum Gasteiger partial charge on any atom is -0.469 e. The molecule has 3 aliphatic rings. The standard InChI is InChI=1S/C31H36Cl2N6O3.ClH/c1-41-29(40)12-21-2-7-38(8-3-21)18-22-10-27(23-13-24(32)15-25(33)14-23)37-28(11-22)42-26-16-35-30(36-17-26)39-9-5-31(20-39)4-6-34-19-31;/h10-11,13-17,21,34H,2-9,12,18-20H2,1H3;1H. The molecule has 0 bridgehead atoms. The second-order valence-electron chi connectivity index (χ2n) is 11.8. The quantitative estimate of drug-likeness (QED) is 0.295. The number of carbonyl (C=O) groups excluding carboxylic acids is 1. The number of rotatable bonds is 8. The third kappa shape index (κ3) is 7.88. The summed E-state index contributed by atoms with van der Waals surface area (Å²) >= 11 is 12.6. The Bertz CT molecular complexity index is 1390. The predicted molar refractivity (Wildman–Crippen MR) is 170 cm³/mol. The van der Waals surface area contributed by atoms with Crippen LogP contribution in [0.5, 0.6) is 11.6 Å². The second kappa shape index (κ2) is 13.9. The molecule has 9 nitrogen and oxygen atoms in total. The van der Waals surface area contributed by atoms with E-state index in [4.69, 9.17) is 37.7 Å². The number of aromatic nitrogens is 3. The number of hydrogen-bond acceptors (Lipinski definition) is 9. The number of hydrogen-bond donors (Lipinski definition) is 1. The minimum absolute atomic E-state index is 0. The number of carbonyl (C=O) groups is 1. The Morgan fingerprint density at radius 2 is 1.79 bits per heavy atom. The molecule has 3 fully saturated rings. The highest BCUT2D eigenvalue weighted by molar-refractivity contribution is 6.35. The molecule has 0 amide bonds. The number of nitrogens with zero attached hydrogens (tertiary/aromatic N) is 5. The average Bonchev–Trinajstić information content (AvgIpc) is 3.63. The molecule has 230 valence electrons. The number of methoxy groups -OCH3 is 1. The summed E-state index contributed by atoms with van der Waals surface area (Å²) < 4.78 is 11.1. The van der Waals surface area contributed by atoms with Gasteiger partial charge in [-0.1, -0.05) is 23.2 Å². The van der Waals surface area contributed by atoms with Crippen LogP contribution in [0.2, 0.25) is 10.0 Å². The number of likely N-dealkylation sites (tertiary alicyclic amines) is 1. The first-order valence-electron chi connectivity index (χ1n) is 14.6.